The zero-order valence-corrected chi connectivity index (χ0v) is 17.8. The van der Waals surface area contributed by atoms with Gasteiger partial charge in [-0.3, -0.25) is 0 Å². The number of methoxy groups -OCH3 is 1. The SMILES string of the molecule is CO[C@@H]1CN(CC2Cc3ccccc3C2)CC[C@H]1n1c(C)nc2cc(C)ccc21. The summed E-state index contributed by atoms with van der Waals surface area (Å²) < 4.78 is 8.44. The Hall–Kier alpha value is -2.17. The molecular formula is C25H31N3O. The number of aromatic nitrogens is 2. The van der Waals surface area contributed by atoms with Crippen LogP contribution >= 0.6 is 0 Å². The first-order valence-corrected chi connectivity index (χ1v) is 10.9. The molecule has 0 saturated carbocycles. The van der Waals surface area contributed by atoms with Crippen molar-refractivity contribution in [3.63, 3.8) is 0 Å². The van der Waals surface area contributed by atoms with Crippen LogP contribution in [0, 0.1) is 19.8 Å². The number of ether oxygens (including phenoxy) is 1. The zero-order chi connectivity index (χ0) is 20.0. The minimum Gasteiger partial charge on any atom is -0.378 e. The lowest BCUT2D eigenvalue weighted by molar-refractivity contribution is -0.00928. The molecule has 0 bridgehead atoms. The highest BCUT2D eigenvalue weighted by Gasteiger charge is 2.34. The van der Waals surface area contributed by atoms with Gasteiger partial charge in [0.25, 0.3) is 0 Å². The van der Waals surface area contributed by atoms with Crippen molar-refractivity contribution in [1.82, 2.24) is 14.5 Å². The van der Waals surface area contributed by atoms with Gasteiger partial charge >= 0.3 is 0 Å². The summed E-state index contributed by atoms with van der Waals surface area (Å²) in [5.41, 5.74) is 6.69. The van der Waals surface area contributed by atoms with Gasteiger partial charge in [-0.15, -0.1) is 0 Å². The highest BCUT2D eigenvalue weighted by Crippen LogP contribution is 2.33. The quantitative estimate of drug-likeness (QED) is 0.665. The highest BCUT2D eigenvalue weighted by molar-refractivity contribution is 5.77. The Bertz CT molecular complexity index is 999. The fourth-order valence-electron chi connectivity index (χ4n) is 5.55. The number of rotatable bonds is 4. The third kappa shape index (κ3) is 3.49. The summed E-state index contributed by atoms with van der Waals surface area (Å²) in [7, 11) is 1.87. The van der Waals surface area contributed by atoms with E-state index in [4.69, 9.17) is 9.72 Å². The molecule has 1 fully saturated rings. The maximum absolute atomic E-state index is 6.02. The molecule has 4 nitrogen and oxygen atoms in total. The minimum atomic E-state index is 0.199. The van der Waals surface area contributed by atoms with Crippen LogP contribution < -0.4 is 0 Å². The van der Waals surface area contributed by atoms with E-state index in [1.165, 1.54) is 30.5 Å². The molecule has 0 spiro atoms. The summed E-state index contributed by atoms with van der Waals surface area (Å²) in [5, 5.41) is 0. The van der Waals surface area contributed by atoms with Gasteiger partial charge in [-0.25, -0.2) is 4.98 Å². The number of nitrogens with zero attached hydrogens (tertiary/aromatic N) is 3. The van der Waals surface area contributed by atoms with E-state index in [1.54, 1.807) is 11.1 Å². The summed E-state index contributed by atoms with van der Waals surface area (Å²) in [5.74, 6) is 1.83. The Morgan fingerprint density at radius 2 is 1.83 bits per heavy atom. The topological polar surface area (TPSA) is 30.3 Å². The number of fused-ring (bicyclic) bond motifs is 2. The van der Waals surface area contributed by atoms with Gasteiger partial charge < -0.3 is 14.2 Å². The molecule has 2 aliphatic rings. The first-order valence-electron chi connectivity index (χ1n) is 10.9. The number of likely N-dealkylation sites (tertiary alicyclic amines) is 1. The normalized spacial score (nSPS) is 23.0. The second kappa shape index (κ2) is 7.58. The van der Waals surface area contributed by atoms with Crippen LogP contribution in [0.15, 0.2) is 42.5 Å². The van der Waals surface area contributed by atoms with Gasteiger partial charge in [0, 0.05) is 26.7 Å². The van der Waals surface area contributed by atoms with Crippen molar-refractivity contribution in [1.29, 1.82) is 0 Å². The lowest BCUT2D eigenvalue weighted by Crippen LogP contribution is -2.47. The fourth-order valence-corrected chi connectivity index (χ4v) is 5.55. The average molecular weight is 390 g/mol. The Labute approximate surface area is 173 Å². The van der Waals surface area contributed by atoms with Gasteiger partial charge in [-0.2, -0.15) is 0 Å². The summed E-state index contributed by atoms with van der Waals surface area (Å²) in [6, 6.07) is 15.9. The largest absolute Gasteiger partial charge is 0.378 e. The summed E-state index contributed by atoms with van der Waals surface area (Å²) >= 11 is 0. The van der Waals surface area contributed by atoms with E-state index in [-0.39, 0.29) is 6.10 Å². The van der Waals surface area contributed by atoms with Crippen LogP contribution in [0.4, 0.5) is 0 Å². The zero-order valence-electron chi connectivity index (χ0n) is 17.8. The molecule has 1 aliphatic carbocycles. The summed E-state index contributed by atoms with van der Waals surface area (Å²) in [6.07, 6.45) is 3.75. The average Bonchev–Trinajstić information content (AvgIpc) is 3.26. The molecule has 0 amide bonds. The Kier molecular flexibility index (Phi) is 4.92. The van der Waals surface area contributed by atoms with Crippen LogP contribution in [0.5, 0.6) is 0 Å². The van der Waals surface area contributed by atoms with Gasteiger partial charge in [-0.05, 0) is 67.9 Å². The van der Waals surface area contributed by atoms with Crippen molar-refractivity contribution in [3.8, 4) is 0 Å². The standard InChI is InChI=1S/C25H31N3O/c1-17-8-9-23-22(12-17)26-18(2)28(23)24-10-11-27(16-25(24)29-3)15-19-13-20-6-4-5-7-21(20)14-19/h4-9,12,19,24-25H,10-11,13-16H2,1-3H3/t24-,25-/m1/s1. The molecule has 1 aromatic heterocycles. The van der Waals surface area contributed by atoms with E-state index in [2.05, 4.69) is 65.8 Å². The van der Waals surface area contributed by atoms with Gasteiger partial charge in [-0.1, -0.05) is 30.3 Å². The third-order valence-corrected chi connectivity index (χ3v) is 6.92. The van der Waals surface area contributed by atoms with E-state index in [1.807, 2.05) is 7.11 Å². The Balaban J connectivity index is 1.31. The number of aryl methyl sites for hydroxylation is 2. The van der Waals surface area contributed by atoms with Crippen molar-refractivity contribution in [3.05, 3.63) is 65.0 Å². The summed E-state index contributed by atoms with van der Waals surface area (Å²) in [4.78, 5) is 7.46. The van der Waals surface area contributed by atoms with Crippen LogP contribution in [0.25, 0.3) is 11.0 Å². The van der Waals surface area contributed by atoms with E-state index in [9.17, 15) is 0 Å². The second-order valence-electron chi connectivity index (χ2n) is 8.95. The van der Waals surface area contributed by atoms with Gasteiger partial charge in [0.15, 0.2) is 0 Å². The van der Waals surface area contributed by atoms with E-state index in [0.29, 0.717) is 6.04 Å². The Morgan fingerprint density at radius 3 is 2.55 bits per heavy atom. The van der Waals surface area contributed by atoms with E-state index in [0.717, 1.165) is 36.8 Å². The number of imidazole rings is 1. The fraction of sp³-hybridized carbons (Fsp3) is 0.480. The van der Waals surface area contributed by atoms with Crippen molar-refractivity contribution in [2.75, 3.05) is 26.7 Å². The molecule has 4 heteroatoms. The predicted octanol–water partition coefficient (Wildman–Crippen LogP) is 4.33. The van der Waals surface area contributed by atoms with Crippen molar-refractivity contribution >= 4 is 11.0 Å². The highest BCUT2D eigenvalue weighted by atomic mass is 16.5. The predicted molar refractivity (Wildman–Crippen MR) is 117 cm³/mol. The molecule has 1 saturated heterocycles. The third-order valence-electron chi connectivity index (χ3n) is 6.92. The first-order chi connectivity index (χ1) is 14.1. The molecular weight excluding hydrogens is 358 g/mol. The monoisotopic (exact) mass is 389 g/mol. The molecule has 2 atom stereocenters. The van der Waals surface area contributed by atoms with Crippen LogP contribution in [0.1, 0.15) is 35.0 Å². The van der Waals surface area contributed by atoms with Crippen LogP contribution in [-0.4, -0.2) is 47.3 Å². The van der Waals surface area contributed by atoms with Gasteiger partial charge in [0.1, 0.15) is 5.82 Å². The minimum absolute atomic E-state index is 0.199. The molecule has 1 aliphatic heterocycles. The number of hydrogen-bond donors (Lipinski definition) is 0. The number of piperidine rings is 1. The molecule has 0 radical (unpaired) electrons. The second-order valence-corrected chi connectivity index (χ2v) is 8.95. The van der Waals surface area contributed by atoms with Crippen LogP contribution in [-0.2, 0) is 17.6 Å². The van der Waals surface area contributed by atoms with Crippen molar-refractivity contribution in [2.24, 2.45) is 5.92 Å². The smallest absolute Gasteiger partial charge is 0.107 e. The molecule has 2 heterocycles. The van der Waals surface area contributed by atoms with Gasteiger partial charge in [0.2, 0.25) is 0 Å². The molecule has 5 rings (SSSR count). The van der Waals surface area contributed by atoms with E-state index < -0.39 is 0 Å². The molecule has 29 heavy (non-hydrogen) atoms. The Morgan fingerprint density at radius 1 is 1.07 bits per heavy atom. The molecule has 0 unspecified atom stereocenters. The maximum atomic E-state index is 6.02. The molecule has 2 aromatic carbocycles. The number of hydrogen-bond acceptors (Lipinski definition) is 3. The molecule has 0 N–H and O–H groups in total. The van der Waals surface area contributed by atoms with Crippen molar-refractivity contribution < 1.29 is 4.74 Å². The molecule has 152 valence electrons. The van der Waals surface area contributed by atoms with E-state index >= 15 is 0 Å². The van der Waals surface area contributed by atoms with Gasteiger partial charge in [0.05, 0.1) is 23.2 Å². The molecule has 3 aromatic rings. The van der Waals surface area contributed by atoms with Crippen molar-refractivity contribution in [2.45, 2.75) is 45.3 Å². The summed E-state index contributed by atoms with van der Waals surface area (Å²) in [6.45, 7) is 7.56. The van der Waals surface area contributed by atoms with Crippen LogP contribution in [0.2, 0.25) is 0 Å². The lowest BCUT2D eigenvalue weighted by atomic mass is 9.98. The lowest BCUT2D eigenvalue weighted by Gasteiger charge is -2.40. The number of benzene rings is 2. The maximum Gasteiger partial charge on any atom is 0.107 e. The first kappa shape index (κ1) is 18.8. The van der Waals surface area contributed by atoms with Crippen LogP contribution in [0.3, 0.4) is 0 Å².